The highest BCUT2D eigenvalue weighted by Crippen LogP contribution is 2.23. The van der Waals surface area contributed by atoms with Crippen molar-refractivity contribution in [3.05, 3.63) is 17.8 Å². The molecule has 0 aromatic carbocycles. The summed E-state index contributed by atoms with van der Waals surface area (Å²) in [6.07, 6.45) is 3.01. The Labute approximate surface area is 98.7 Å². The molecule has 1 unspecified atom stereocenters. The standard InChI is InChI=1S/C13H23N3/c1-9(2)6-11(4)16(5)13-12(14)7-10(3)8-15-13/h7-9,11H,6,14H2,1-5H3. The highest BCUT2D eigenvalue weighted by Gasteiger charge is 2.14. The number of anilines is 2. The molecular weight excluding hydrogens is 198 g/mol. The molecule has 0 amide bonds. The van der Waals surface area contributed by atoms with Gasteiger partial charge in [0.2, 0.25) is 0 Å². The van der Waals surface area contributed by atoms with Gasteiger partial charge in [0, 0.05) is 19.3 Å². The molecule has 0 fully saturated rings. The van der Waals surface area contributed by atoms with E-state index in [2.05, 4.69) is 37.7 Å². The lowest BCUT2D eigenvalue weighted by molar-refractivity contribution is 0.502. The molecule has 0 aliphatic heterocycles. The van der Waals surface area contributed by atoms with Gasteiger partial charge in [0.05, 0.1) is 5.69 Å². The Morgan fingerprint density at radius 1 is 1.38 bits per heavy atom. The van der Waals surface area contributed by atoms with Crippen LogP contribution in [0.5, 0.6) is 0 Å². The molecule has 3 nitrogen and oxygen atoms in total. The van der Waals surface area contributed by atoms with E-state index in [0.717, 1.165) is 23.5 Å². The summed E-state index contributed by atoms with van der Waals surface area (Å²) in [6, 6.07) is 2.43. The summed E-state index contributed by atoms with van der Waals surface area (Å²) in [5.41, 5.74) is 7.85. The fraction of sp³-hybridized carbons (Fsp3) is 0.615. The van der Waals surface area contributed by atoms with Crippen molar-refractivity contribution in [2.75, 3.05) is 17.7 Å². The van der Waals surface area contributed by atoms with Gasteiger partial charge in [-0.2, -0.15) is 0 Å². The lowest BCUT2D eigenvalue weighted by atomic mass is 10.0. The first-order chi connectivity index (χ1) is 7.41. The molecule has 0 bridgehead atoms. The van der Waals surface area contributed by atoms with Gasteiger partial charge in [0.15, 0.2) is 5.82 Å². The van der Waals surface area contributed by atoms with Crippen LogP contribution in [0.4, 0.5) is 11.5 Å². The summed E-state index contributed by atoms with van der Waals surface area (Å²) in [4.78, 5) is 6.57. The van der Waals surface area contributed by atoms with E-state index in [1.807, 2.05) is 19.2 Å². The molecule has 0 aliphatic carbocycles. The van der Waals surface area contributed by atoms with Crippen molar-refractivity contribution in [3.63, 3.8) is 0 Å². The molecular formula is C13H23N3. The van der Waals surface area contributed by atoms with E-state index in [-0.39, 0.29) is 0 Å². The molecule has 1 heterocycles. The fourth-order valence-corrected chi connectivity index (χ4v) is 1.93. The summed E-state index contributed by atoms with van der Waals surface area (Å²) in [7, 11) is 2.06. The average Bonchev–Trinajstić information content (AvgIpc) is 2.15. The fourth-order valence-electron chi connectivity index (χ4n) is 1.93. The van der Waals surface area contributed by atoms with Crippen LogP contribution in [0.15, 0.2) is 12.3 Å². The molecule has 1 aromatic rings. The molecule has 3 heteroatoms. The van der Waals surface area contributed by atoms with E-state index in [0.29, 0.717) is 12.0 Å². The van der Waals surface area contributed by atoms with Crippen LogP contribution >= 0.6 is 0 Å². The normalized spacial score (nSPS) is 12.9. The van der Waals surface area contributed by atoms with Crippen LogP contribution in [0.3, 0.4) is 0 Å². The lowest BCUT2D eigenvalue weighted by Gasteiger charge is -2.28. The van der Waals surface area contributed by atoms with Crippen molar-refractivity contribution in [2.24, 2.45) is 5.92 Å². The average molecular weight is 221 g/mol. The van der Waals surface area contributed by atoms with Gasteiger partial charge in [-0.3, -0.25) is 0 Å². The van der Waals surface area contributed by atoms with Gasteiger partial charge in [-0.15, -0.1) is 0 Å². The van der Waals surface area contributed by atoms with E-state index in [4.69, 9.17) is 5.73 Å². The maximum atomic E-state index is 5.99. The summed E-state index contributed by atoms with van der Waals surface area (Å²) < 4.78 is 0. The summed E-state index contributed by atoms with van der Waals surface area (Å²) in [6.45, 7) is 8.68. The molecule has 0 saturated carbocycles. The maximum absolute atomic E-state index is 5.99. The second-order valence-electron chi connectivity index (χ2n) is 5.01. The Bertz CT molecular complexity index is 347. The lowest BCUT2D eigenvalue weighted by Crippen LogP contribution is -2.31. The maximum Gasteiger partial charge on any atom is 0.151 e. The van der Waals surface area contributed by atoms with Crippen LogP contribution in [0.1, 0.15) is 32.8 Å². The minimum absolute atomic E-state index is 0.456. The minimum atomic E-state index is 0.456. The predicted molar refractivity (Wildman–Crippen MR) is 70.7 cm³/mol. The molecule has 0 radical (unpaired) electrons. The van der Waals surface area contributed by atoms with Crippen LogP contribution in [0.25, 0.3) is 0 Å². The first-order valence-electron chi connectivity index (χ1n) is 5.86. The number of nitrogen functional groups attached to an aromatic ring is 1. The second-order valence-corrected chi connectivity index (χ2v) is 5.01. The van der Waals surface area contributed by atoms with Gasteiger partial charge in [0.25, 0.3) is 0 Å². The van der Waals surface area contributed by atoms with Gasteiger partial charge in [-0.1, -0.05) is 13.8 Å². The van der Waals surface area contributed by atoms with Gasteiger partial charge < -0.3 is 10.6 Å². The molecule has 1 aromatic heterocycles. The van der Waals surface area contributed by atoms with Crippen LogP contribution < -0.4 is 10.6 Å². The molecule has 16 heavy (non-hydrogen) atoms. The zero-order chi connectivity index (χ0) is 12.3. The quantitative estimate of drug-likeness (QED) is 0.850. The third-order valence-electron chi connectivity index (χ3n) is 2.84. The van der Waals surface area contributed by atoms with Crippen molar-refractivity contribution < 1.29 is 0 Å². The number of nitrogens with two attached hydrogens (primary N) is 1. The molecule has 0 saturated heterocycles. The number of nitrogens with zero attached hydrogens (tertiary/aromatic N) is 2. The van der Waals surface area contributed by atoms with Crippen LogP contribution in [-0.2, 0) is 0 Å². The van der Waals surface area contributed by atoms with Crippen LogP contribution in [0, 0.1) is 12.8 Å². The van der Waals surface area contributed by atoms with E-state index in [1.54, 1.807) is 0 Å². The van der Waals surface area contributed by atoms with Crippen molar-refractivity contribution in [2.45, 2.75) is 40.2 Å². The van der Waals surface area contributed by atoms with E-state index in [9.17, 15) is 0 Å². The van der Waals surface area contributed by atoms with Crippen molar-refractivity contribution in [1.29, 1.82) is 0 Å². The topological polar surface area (TPSA) is 42.2 Å². The predicted octanol–water partition coefficient (Wildman–Crippen LogP) is 2.84. The third kappa shape index (κ3) is 3.12. The van der Waals surface area contributed by atoms with Gasteiger partial charge in [-0.05, 0) is 37.8 Å². The zero-order valence-electron chi connectivity index (χ0n) is 11.0. The van der Waals surface area contributed by atoms with Gasteiger partial charge in [-0.25, -0.2) is 4.98 Å². The number of pyridine rings is 1. The highest BCUT2D eigenvalue weighted by molar-refractivity contribution is 5.63. The molecule has 0 aliphatic rings. The molecule has 2 N–H and O–H groups in total. The summed E-state index contributed by atoms with van der Waals surface area (Å²) >= 11 is 0. The number of aromatic nitrogens is 1. The van der Waals surface area contributed by atoms with Crippen molar-refractivity contribution in [3.8, 4) is 0 Å². The first kappa shape index (κ1) is 12.8. The third-order valence-corrected chi connectivity index (χ3v) is 2.84. The first-order valence-corrected chi connectivity index (χ1v) is 5.86. The van der Waals surface area contributed by atoms with Crippen LogP contribution in [-0.4, -0.2) is 18.1 Å². The smallest absolute Gasteiger partial charge is 0.151 e. The molecule has 0 spiro atoms. The Balaban J connectivity index is 2.83. The Kier molecular flexibility index (Phi) is 4.16. The number of hydrogen-bond acceptors (Lipinski definition) is 3. The van der Waals surface area contributed by atoms with E-state index < -0.39 is 0 Å². The van der Waals surface area contributed by atoms with Crippen molar-refractivity contribution in [1.82, 2.24) is 4.98 Å². The zero-order valence-corrected chi connectivity index (χ0v) is 11.0. The Hall–Kier alpha value is -1.25. The SMILES string of the molecule is Cc1cnc(N(C)C(C)CC(C)C)c(N)c1. The monoisotopic (exact) mass is 221 g/mol. The molecule has 90 valence electrons. The highest BCUT2D eigenvalue weighted by atomic mass is 15.2. The molecule has 1 atom stereocenters. The Morgan fingerprint density at radius 3 is 2.50 bits per heavy atom. The van der Waals surface area contributed by atoms with Gasteiger partial charge in [0.1, 0.15) is 0 Å². The minimum Gasteiger partial charge on any atom is -0.396 e. The largest absolute Gasteiger partial charge is 0.396 e. The number of hydrogen-bond donors (Lipinski definition) is 1. The van der Waals surface area contributed by atoms with Gasteiger partial charge >= 0.3 is 0 Å². The number of rotatable bonds is 4. The van der Waals surface area contributed by atoms with E-state index >= 15 is 0 Å². The Morgan fingerprint density at radius 2 is 2.00 bits per heavy atom. The van der Waals surface area contributed by atoms with Crippen LogP contribution in [0.2, 0.25) is 0 Å². The second kappa shape index (κ2) is 5.19. The summed E-state index contributed by atoms with van der Waals surface area (Å²) in [5, 5.41) is 0. The number of aryl methyl sites for hydroxylation is 1. The summed E-state index contributed by atoms with van der Waals surface area (Å²) in [5.74, 6) is 1.57. The van der Waals surface area contributed by atoms with Crippen molar-refractivity contribution >= 4 is 11.5 Å². The molecule has 1 rings (SSSR count). The van der Waals surface area contributed by atoms with E-state index in [1.165, 1.54) is 0 Å².